The van der Waals surface area contributed by atoms with Crippen molar-refractivity contribution in [2.75, 3.05) is 13.1 Å². The molecule has 0 unspecified atom stereocenters. The maximum atomic E-state index is 12.0. The summed E-state index contributed by atoms with van der Waals surface area (Å²) < 4.78 is 0. The molecule has 0 aliphatic carbocycles. The van der Waals surface area contributed by atoms with E-state index in [-0.39, 0.29) is 18.4 Å². The van der Waals surface area contributed by atoms with Gasteiger partial charge in [0, 0.05) is 17.5 Å². The third-order valence-electron chi connectivity index (χ3n) is 3.13. The van der Waals surface area contributed by atoms with Crippen molar-refractivity contribution in [2.45, 2.75) is 20.8 Å². The van der Waals surface area contributed by atoms with Crippen LogP contribution in [0.3, 0.4) is 0 Å². The zero-order valence-corrected chi connectivity index (χ0v) is 13.7. The maximum Gasteiger partial charge on any atom is 0.271 e. The van der Waals surface area contributed by atoms with Crippen LogP contribution >= 0.6 is 11.3 Å². The molecule has 0 aliphatic heterocycles. The highest BCUT2D eigenvalue weighted by atomic mass is 32.1. The van der Waals surface area contributed by atoms with Crippen molar-refractivity contribution in [2.24, 2.45) is 0 Å². The fraction of sp³-hybridized carbons (Fsp3) is 0.312. The quantitative estimate of drug-likeness (QED) is 0.889. The van der Waals surface area contributed by atoms with Crippen LogP contribution in [0.25, 0.3) is 10.6 Å². The lowest BCUT2D eigenvalue weighted by atomic mass is 10.1. The normalized spacial score (nSPS) is 10.3. The molecule has 1 aromatic carbocycles. The Kier molecular flexibility index (Phi) is 5.27. The molecule has 0 bridgehead atoms. The van der Waals surface area contributed by atoms with Crippen molar-refractivity contribution in [1.29, 1.82) is 0 Å². The minimum absolute atomic E-state index is 0.0386. The van der Waals surface area contributed by atoms with Crippen LogP contribution in [0.5, 0.6) is 0 Å². The predicted molar refractivity (Wildman–Crippen MR) is 88.0 cm³/mol. The predicted octanol–water partition coefficient (Wildman–Crippen LogP) is 2.29. The molecule has 22 heavy (non-hydrogen) atoms. The summed E-state index contributed by atoms with van der Waals surface area (Å²) in [7, 11) is 0. The van der Waals surface area contributed by atoms with Crippen molar-refractivity contribution in [3.63, 3.8) is 0 Å². The molecule has 2 aromatic rings. The maximum absolute atomic E-state index is 12.0. The van der Waals surface area contributed by atoms with E-state index in [9.17, 15) is 9.59 Å². The largest absolute Gasteiger partial charge is 0.355 e. The molecule has 0 atom stereocenters. The van der Waals surface area contributed by atoms with Crippen LogP contribution in [-0.4, -0.2) is 29.9 Å². The summed E-state index contributed by atoms with van der Waals surface area (Å²) in [5, 5.41) is 7.71. The number of rotatable bonds is 5. The Hall–Kier alpha value is -2.21. The van der Waals surface area contributed by atoms with Gasteiger partial charge in [0.1, 0.15) is 10.7 Å². The number of likely N-dealkylation sites (N-methyl/N-ethyl adjacent to an activating group) is 1. The van der Waals surface area contributed by atoms with Gasteiger partial charge in [0.05, 0.1) is 6.54 Å². The van der Waals surface area contributed by atoms with Gasteiger partial charge in [-0.1, -0.05) is 23.8 Å². The smallest absolute Gasteiger partial charge is 0.271 e. The second-order valence-electron chi connectivity index (χ2n) is 4.99. The molecule has 0 radical (unpaired) electrons. The standard InChI is InChI=1S/C16H19N3O2S/c1-4-17-14(20)8-18-15(21)13-9-22-16(19-13)12-6-5-10(2)7-11(12)3/h5-7,9H,4,8H2,1-3H3,(H,17,20)(H,18,21). The number of aromatic nitrogens is 1. The summed E-state index contributed by atoms with van der Waals surface area (Å²) in [5.74, 6) is -0.542. The molecule has 5 nitrogen and oxygen atoms in total. The molecular formula is C16H19N3O2S. The summed E-state index contributed by atoms with van der Waals surface area (Å²) in [6.07, 6.45) is 0. The number of benzene rings is 1. The first-order valence-corrected chi connectivity index (χ1v) is 7.97. The second kappa shape index (κ2) is 7.17. The molecule has 0 saturated carbocycles. The Morgan fingerprint density at radius 2 is 2.00 bits per heavy atom. The van der Waals surface area contributed by atoms with Crippen LogP contribution < -0.4 is 10.6 Å². The van der Waals surface area contributed by atoms with Crippen molar-refractivity contribution >= 4 is 23.2 Å². The number of carbonyl (C=O) groups is 2. The van der Waals surface area contributed by atoms with Gasteiger partial charge in [0.15, 0.2) is 0 Å². The van der Waals surface area contributed by atoms with E-state index in [0.717, 1.165) is 16.1 Å². The van der Waals surface area contributed by atoms with Crippen LogP contribution in [-0.2, 0) is 4.79 Å². The van der Waals surface area contributed by atoms with E-state index in [4.69, 9.17) is 0 Å². The Balaban J connectivity index is 2.07. The van der Waals surface area contributed by atoms with E-state index in [1.165, 1.54) is 16.9 Å². The Morgan fingerprint density at radius 1 is 1.23 bits per heavy atom. The Bertz CT molecular complexity index is 694. The van der Waals surface area contributed by atoms with Gasteiger partial charge in [0.2, 0.25) is 5.91 Å². The first-order valence-electron chi connectivity index (χ1n) is 7.09. The van der Waals surface area contributed by atoms with Gasteiger partial charge in [-0.25, -0.2) is 4.98 Å². The number of carbonyl (C=O) groups excluding carboxylic acids is 2. The molecule has 0 saturated heterocycles. The van der Waals surface area contributed by atoms with Gasteiger partial charge >= 0.3 is 0 Å². The summed E-state index contributed by atoms with van der Waals surface area (Å²) in [5.41, 5.74) is 3.68. The average Bonchev–Trinajstić information content (AvgIpc) is 2.94. The van der Waals surface area contributed by atoms with E-state index in [0.29, 0.717) is 12.2 Å². The Morgan fingerprint density at radius 3 is 2.68 bits per heavy atom. The highest BCUT2D eigenvalue weighted by Gasteiger charge is 2.13. The lowest BCUT2D eigenvalue weighted by Crippen LogP contribution is -2.36. The van der Waals surface area contributed by atoms with Crippen LogP contribution in [0, 0.1) is 13.8 Å². The highest BCUT2D eigenvalue weighted by Crippen LogP contribution is 2.27. The second-order valence-corrected chi connectivity index (χ2v) is 5.85. The van der Waals surface area contributed by atoms with Crippen LogP contribution in [0.15, 0.2) is 23.6 Å². The van der Waals surface area contributed by atoms with Crippen molar-refractivity contribution in [3.8, 4) is 10.6 Å². The molecule has 0 fully saturated rings. The number of aryl methyl sites for hydroxylation is 2. The van der Waals surface area contributed by atoms with Gasteiger partial charge in [-0.3, -0.25) is 9.59 Å². The number of hydrogen-bond donors (Lipinski definition) is 2. The molecule has 2 rings (SSSR count). The van der Waals surface area contributed by atoms with E-state index < -0.39 is 0 Å². The monoisotopic (exact) mass is 317 g/mol. The van der Waals surface area contributed by atoms with Gasteiger partial charge in [-0.05, 0) is 26.3 Å². The molecule has 116 valence electrons. The number of hydrogen-bond acceptors (Lipinski definition) is 4. The van der Waals surface area contributed by atoms with Gasteiger partial charge in [-0.15, -0.1) is 11.3 Å². The zero-order valence-electron chi connectivity index (χ0n) is 12.9. The third-order valence-corrected chi connectivity index (χ3v) is 4.01. The van der Waals surface area contributed by atoms with Crippen LogP contribution in [0.2, 0.25) is 0 Å². The summed E-state index contributed by atoms with van der Waals surface area (Å²) in [6.45, 7) is 6.40. The van der Waals surface area contributed by atoms with E-state index in [2.05, 4.69) is 21.7 Å². The fourth-order valence-electron chi connectivity index (χ4n) is 2.07. The molecular weight excluding hydrogens is 298 g/mol. The van der Waals surface area contributed by atoms with Gasteiger partial charge in [0.25, 0.3) is 5.91 Å². The van der Waals surface area contributed by atoms with Crippen molar-refractivity contribution in [3.05, 3.63) is 40.4 Å². The Labute approximate surface area is 133 Å². The third kappa shape index (κ3) is 3.92. The number of thiazole rings is 1. The lowest BCUT2D eigenvalue weighted by molar-refractivity contribution is -0.120. The molecule has 0 aliphatic rings. The number of nitrogens with zero attached hydrogens (tertiary/aromatic N) is 1. The molecule has 0 spiro atoms. The van der Waals surface area contributed by atoms with Crippen LogP contribution in [0.1, 0.15) is 28.5 Å². The SMILES string of the molecule is CCNC(=O)CNC(=O)c1csc(-c2ccc(C)cc2C)n1. The highest BCUT2D eigenvalue weighted by molar-refractivity contribution is 7.13. The first kappa shape index (κ1) is 16.2. The van der Waals surface area contributed by atoms with Crippen LogP contribution in [0.4, 0.5) is 0 Å². The number of amides is 2. The minimum Gasteiger partial charge on any atom is -0.355 e. The van der Waals surface area contributed by atoms with E-state index >= 15 is 0 Å². The summed E-state index contributed by atoms with van der Waals surface area (Å²) >= 11 is 1.42. The number of nitrogens with one attached hydrogen (secondary N) is 2. The molecule has 1 heterocycles. The topological polar surface area (TPSA) is 71.1 Å². The van der Waals surface area contributed by atoms with E-state index in [1.54, 1.807) is 5.38 Å². The summed E-state index contributed by atoms with van der Waals surface area (Å²) in [6, 6.07) is 6.13. The molecule has 2 amide bonds. The minimum atomic E-state index is -0.335. The molecule has 2 N–H and O–H groups in total. The molecule has 6 heteroatoms. The van der Waals surface area contributed by atoms with Crippen molar-refractivity contribution < 1.29 is 9.59 Å². The zero-order chi connectivity index (χ0) is 16.1. The first-order chi connectivity index (χ1) is 10.5. The van der Waals surface area contributed by atoms with Gasteiger partial charge < -0.3 is 10.6 Å². The van der Waals surface area contributed by atoms with Crippen molar-refractivity contribution in [1.82, 2.24) is 15.6 Å². The fourth-order valence-corrected chi connectivity index (χ4v) is 2.96. The lowest BCUT2D eigenvalue weighted by Gasteiger charge is -2.04. The summed E-state index contributed by atoms with van der Waals surface area (Å²) in [4.78, 5) is 27.7. The molecule has 1 aromatic heterocycles. The average molecular weight is 317 g/mol. The van der Waals surface area contributed by atoms with E-state index in [1.807, 2.05) is 32.9 Å². The van der Waals surface area contributed by atoms with Gasteiger partial charge in [-0.2, -0.15) is 0 Å².